The molecule has 0 unspecified atom stereocenters. The Kier molecular flexibility index (Phi) is 13.9. The first-order valence-electron chi connectivity index (χ1n) is 19.5. The summed E-state index contributed by atoms with van der Waals surface area (Å²) in [7, 11) is 0. The molecule has 3 aromatic rings. The third-order valence-electron chi connectivity index (χ3n) is 11.1. The molecular formula is C43H58N4O5. The Morgan fingerprint density at radius 1 is 0.808 bits per heavy atom. The summed E-state index contributed by atoms with van der Waals surface area (Å²) in [4.78, 5) is 28.8. The zero-order valence-electron chi connectivity index (χ0n) is 31.1. The summed E-state index contributed by atoms with van der Waals surface area (Å²) in [6.45, 7) is 10.6. The van der Waals surface area contributed by atoms with Crippen LogP contribution in [0.3, 0.4) is 0 Å². The van der Waals surface area contributed by atoms with Crippen LogP contribution in [0.4, 0.5) is 0 Å². The van der Waals surface area contributed by atoms with Gasteiger partial charge in [0.15, 0.2) is 6.29 Å². The Morgan fingerprint density at radius 2 is 1.58 bits per heavy atom. The van der Waals surface area contributed by atoms with E-state index >= 15 is 0 Å². The molecule has 2 amide bonds. The van der Waals surface area contributed by atoms with Crippen molar-refractivity contribution >= 4 is 11.8 Å². The van der Waals surface area contributed by atoms with E-state index < -0.39 is 6.29 Å². The average molecular weight is 711 g/mol. The zero-order chi connectivity index (χ0) is 36.3. The van der Waals surface area contributed by atoms with Crippen LogP contribution in [0.25, 0.3) is 11.1 Å². The number of nitrogens with one attached hydrogen (secondary N) is 2. The van der Waals surface area contributed by atoms with E-state index in [1.165, 1.54) is 45.7 Å². The van der Waals surface area contributed by atoms with Gasteiger partial charge in [-0.3, -0.25) is 14.5 Å². The van der Waals surface area contributed by atoms with Gasteiger partial charge in [-0.05, 0) is 92.0 Å². The van der Waals surface area contributed by atoms with Crippen molar-refractivity contribution in [3.63, 3.8) is 0 Å². The highest BCUT2D eigenvalue weighted by Crippen LogP contribution is 2.42. The van der Waals surface area contributed by atoms with Gasteiger partial charge in [0.1, 0.15) is 0 Å². The molecule has 0 radical (unpaired) electrons. The Hall–Kier alpha value is -3.60. The van der Waals surface area contributed by atoms with Gasteiger partial charge in [-0.2, -0.15) is 0 Å². The maximum absolute atomic E-state index is 12.4. The minimum Gasteiger partial charge on any atom is -0.392 e. The summed E-state index contributed by atoms with van der Waals surface area (Å²) < 4.78 is 13.6. The molecule has 3 aliphatic heterocycles. The van der Waals surface area contributed by atoms with Crippen molar-refractivity contribution in [1.82, 2.24) is 20.4 Å². The molecule has 3 fully saturated rings. The second-order valence-corrected chi connectivity index (χ2v) is 15.0. The van der Waals surface area contributed by atoms with E-state index in [0.29, 0.717) is 25.6 Å². The fraction of sp³-hybridized carbons (Fsp3) is 0.535. The van der Waals surface area contributed by atoms with Crippen molar-refractivity contribution < 1.29 is 24.2 Å². The van der Waals surface area contributed by atoms with Gasteiger partial charge in [-0.15, -0.1) is 0 Å². The monoisotopic (exact) mass is 710 g/mol. The Bertz CT molecular complexity index is 1580. The van der Waals surface area contributed by atoms with E-state index in [-0.39, 0.29) is 36.5 Å². The van der Waals surface area contributed by atoms with E-state index in [1.54, 1.807) is 0 Å². The molecule has 5 atom stereocenters. The predicted octanol–water partition coefficient (Wildman–Crippen LogP) is 6.51. The lowest BCUT2D eigenvalue weighted by atomic mass is 9.89. The topological polar surface area (TPSA) is 103 Å². The minimum atomic E-state index is -0.496. The van der Waals surface area contributed by atoms with Crippen molar-refractivity contribution in [3.8, 4) is 11.1 Å². The molecule has 6 rings (SSSR count). The molecule has 0 spiro atoms. The number of carbonyl (C=O) groups excluding carboxylic acids is 2. The summed E-state index contributed by atoms with van der Waals surface area (Å²) in [5.74, 6) is 0.182. The first kappa shape index (κ1) is 38.1. The van der Waals surface area contributed by atoms with Gasteiger partial charge in [0.25, 0.3) is 0 Å². The fourth-order valence-corrected chi connectivity index (χ4v) is 8.00. The van der Waals surface area contributed by atoms with Crippen LogP contribution >= 0.6 is 0 Å². The molecule has 52 heavy (non-hydrogen) atoms. The number of hydrogen-bond donors (Lipinski definition) is 3. The second kappa shape index (κ2) is 18.9. The third kappa shape index (κ3) is 10.5. The van der Waals surface area contributed by atoms with Gasteiger partial charge in [0.05, 0.1) is 18.8 Å². The first-order valence-corrected chi connectivity index (χ1v) is 19.5. The van der Waals surface area contributed by atoms with Crippen LogP contribution in [0.5, 0.6) is 0 Å². The molecule has 3 aromatic carbocycles. The molecule has 9 nitrogen and oxygen atoms in total. The lowest BCUT2D eigenvalue weighted by molar-refractivity contribution is -0.276. The third-order valence-corrected chi connectivity index (χ3v) is 11.1. The van der Waals surface area contributed by atoms with E-state index in [0.717, 1.165) is 72.3 Å². The molecule has 9 heteroatoms. The van der Waals surface area contributed by atoms with Crippen LogP contribution in [0.15, 0.2) is 72.8 Å². The summed E-state index contributed by atoms with van der Waals surface area (Å²) in [5.41, 5.74) is 6.24. The van der Waals surface area contributed by atoms with Crippen LogP contribution in [-0.2, 0) is 32.2 Å². The van der Waals surface area contributed by atoms with Crippen LogP contribution in [0.2, 0.25) is 0 Å². The van der Waals surface area contributed by atoms with Gasteiger partial charge in [0, 0.05) is 57.0 Å². The summed E-state index contributed by atoms with van der Waals surface area (Å²) in [6, 6.07) is 25.5. The molecular weight excluding hydrogens is 652 g/mol. The van der Waals surface area contributed by atoms with Gasteiger partial charge in [-0.25, -0.2) is 0 Å². The standard InChI is InChI=1S/C43H58N4O5/c1-31-40(29-47-25-9-12-39(47)28-46-23-6-7-24-46)51-43(52-42(31)36-16-14-33(30-48)15-17-36)37-20-18-35(19-21-37)38-11-8-10-34(26-38)27-45-41(50)13-4-3-5-22-44-32(2)49/h8,10-11,14-21,26,31,39-40,42-43,48H,3-7,9,12-13,22-25,27-30H2,1-2H3,(H,44,49)(H,45,50)/t31-,39-,40+,42+,43+/m0/s1. The van der Waals surface area contributed by atoms with Crippen molar-refractivity contribution in [1.29, 1.82) is 0 Å². The summed E-state index contributed by atoms with van der Waals surface area (Å²) in [6.07, 6.45) is 7.58. The SMILES string of the molecule is CC(=O)NCCCCCC(=O)NCc1cccc(-c2ccc([C@@H]3O[C@H](CN4CCC[C@H]4CN4CCCC4)[C@H](C)[C@H](c4ccc(CO)cc4)O3)cc2)c1. The number of unbranched alkanes of at least 4 members (excludes halogenated alkanes) is 2. The number of aliphatic hydroxyl groups is 1. The summed E-state index contributed by atoms with van der Waals surface area (Å²) >= 11 is 0. The van der Waals surface area contributed by atoms with Crippen LogP contribution in [0.1, 0.15) is 99.9 Å². The molecule has 0 bridgehead atoms. The molecule has 0 aromatic heterocycles. The second-order valence-electron chi connectivity index (χ2n) is 15.0. The smallest absolute Gasteiger partial charge is 0.220 e. The molecule has 3 saturated heterocycles. The largest absolute Gasteiger partial charge is 0.392 e. The van der Waals surface area contributed by atoms with E-state index in [4.69, 9.17) is 9.47 Å². The average Bonchev–Trinajstić information content (AvgIpc) is 3.85. The Morgan fingerprint density at radius 3 is 2.33 bits per heavy atom. The molecule has 280 valence electrons. The first-order chi connectivity index (χ1) is 25.4. The van der Waals surface area contributed by atoms with Crippen LogP contribution in [-0.4, -0.2) is 78.1 Å². The maximum atomic E-state index is 12.4. The normalized spacial score (nSPS) is 23.9. The van der Waals surface area contributed by atoms with Gasteiger partial charge < -0.3 is 30.1 Å². The number of likely N-dealkylation sites (tertiary alicyclic amines) is 2. The number of carbonyl (C=O) groups is 2. The number of benzene rings is 3. The van der Waals surface area contributed by atoms with Gasteiger partial charge in [-0.1, -0.05) is 80.1 Å². The number of aliphatic hydroxyl groups excluding tert-OH is 1. The maximum Gasteiger partial charge on any atom is 0.220 e. The van der Waals surface area contributed by atoms with Crippen molar-refractivity contribution in [2.75, 3.05) is 39.3 Å². The van der Waals surface area contributed by atoms with E-state index in [1.807, 2.05) is 24.3 Å². The summed E-state index contributed by atoms with van der Waals surface area (Å²) in [5, 5.41) is 15.5. The molecule has 0 saturated carbocycles. The van der Waals surface area contributed by atoms with Crippen LogP contribution < -0.4 is 10.6 Å². The lowest BCUT2D eigenvalue weighted by Crippen LogP contribution is -2.48. The van der Waals surface area contributed by atoms with Crippen molar-refractivity contribution in [3.05, 3.63) is 95.1 Å². The highest BCUT2D eigenvalue weighted by Gasteiger charge is 2.40. The van der Waals surface area contributed by atoms with E-state index in [9.17, 15) is 14.7 Å². The molecule has 3 N–H and O–H groups in total. The van der Waals surface area contributed by atoms with E-state index in [2.05, 4.69) is 75.9 Å². The lowest BCUT2D eigenvalue weighted by Gasteiger charge is -2.43. The number of hydrogen-bond acceptors (Lipinski definition) is 7. The highest BCUT2D eigenvalue weighted by atomic mass is 16.7. The van der Waals surface area contributed by atoms with Gasteiger partial charge in [0.2, 0.25) is 11.8 Å². The zero-order valence-corrected chi connectivity index (χ0v) is 31.1. The minimum absolute atomic E-state index is 0.00996. The van der Waals surface area contributed by atoms with Crippen LogP contribution in [0, 0.1) is 5.92 Å². The number of amides is 2. The quantitative estimate of drug-likeness (QED) is 0.146. The fourth-order valence-electron chi connectivity index (χ4n) is 8.00. The molecule has 0 aliphatic carbocycles. The number of ether oxygens (including phenoxy) is 2. The Balaban J connectivity index is 1.10. The molecule has 3 aliphatic rings. The number of nitrogens with zero attached hydrogens (tertiary/aromatic N) is 2. The number of rotatable bonds is 16. The molecule has 3 heterocycles. The Labute approximate surface area is 310 Å². The highest BCUT2D eigenvalue weighted by molar-refractivity contribution is 5.76. The van der Waals surface area contributed by atoms with Gasteiger partial charge >= 0.3 is 0 Å². The van der Waals surface area contributed by atoms with Crippen molar-refractivity contribution in [2.24, 2.45) is 5.92 Å². The van der Waals surface area contributed by atoms with Crippen molar-refractivity contribution in [2.45, 2.75) is 103 Å². The predicted molar refractivity (Wildman–Crippen MR) is 204 cm³/mol.